The molecule has 5 nitrogen and oxygen atoms in total. The number of unbranched alkanes of at least 4 members (excludes halogenated alkanes) is 1. The predicted octanol–water partition coefficient (Wildman–Crippen LogP) is 2.18. The summed E-state index contributed by atoms with van der Waals surface area (Å²) in [4.78, 5) is 2.46. The molecular formula is C21H24N2O3. The third-order valence-corrected chi connectivity index (χ3v) is 6.82. The zero-order chi connectivity index (χ0) is 17.9. The van der Waals surface area contributed by atoms with Crippen LogP contribution < -0.4 is 9.47 Å². The molecule has 2 heterocycles. The van der Waals surface area contributed by atoms with Crippen molar-refractivity contribution in [1.82, 2.24) is 4.90 Å². The highest BCUT2D eigenvalue weighted by atomic mass is 16.5. The summed E-state index contributed by atoms with van der Waals surface area (Å²) in [6.07, 6.45) is 6.54. The fourth-order valence-corrected chi connectivity index (χ4v) is 5.68. The van der Waals surface area contributed by atoms with E-state index in [0.717, 1.165) is 30.9 Å². The lowest BCUT2D eigenvalue weighted by Crippen LogP contribution is -2.64. The Hall–Kier alpha value is -2.03. The number of likely N-dealkylation sites (tertiary alicyclic amines) is 1. The molecule has 0 aromatic heterocycles. The Labute approximate surface area is 153 Å². The van der Waals surface area contributed by atoms with Gasteiger partial charge < -0.3 is 19.5 Å². The first-order valence-electron chi connectivity index (χ1n) is 9.56. The van der Waals surface area contributed by atoms with Crippen LogP contribution in [0, 0.1) is 17.2 Å². The lowest BCUT2D eigenvalue weighted by Gasteiger charge is -2.56. The fourth-order valence-electron chi connectivity index (χ4n) is 5.68. The van der Waals surface area contributed by atoms with Gasteiger partial charge in [0.15, 0.2) is 11.5 Å². The number of piperidine rings is 1. The Bertz CT molecular complexity index is 814. The maximum Gasteiger partial charge on any atom is 0.165 e. The largest absolute Gasteiger partial charge is 0.490 e. The van der Waals surface area contributed by atoms with Gasteiger partial charge in [-0.15, -0.1) is 0 Å². The number of nitriles is 1. The Balaban J connectivity index is 1.60. The van der Waals surface area contributed by atoms with Crippen molar-refractivity contribution < 1.29 is 14.6 Å². The molecule has 0 unspecified atom stereocenters. The van der Waals surface area contributed by atoms with Gasteiger partial charge in [-0.05, 0) is 44.5 Å². The summed E-state index contributed by atoms with van der Waals surface area (Å²) in [6.45, 7) is 1.53. The number of nitrogens with zero attached hydrogens (tertiary/aromatic N) is 2. The quantitative estimate of drug-likeness (QED) is 0.665. The second kappa shape index (κ2) is 5.73. The predicted molar refractivity (Wildman–Crippen MR) is 96.3 cm³/mol. The van der Waals surface area contributed by atoms with Crippen LogP contribution in [0.3, 0.4) is 0 Å². The highest BCUT2D eigenvalue weighted by molar-refractivity contribution is 5.62. The Morgan fingerprint density at radius 3 is 3.15 bits per heavy atom. The summed E-state index contributed by atoms with van der Waals surface area (Å²) in [5.74, 6) is 1.96. The van der Waals surface area contributed by atoms with Crippen LogP contribution in [0.2, 0.25) is 0 Å². The minimum atomic E-state index is -0.583. The van der Waals surface area contributed by atoms with E-state index in [1.807, 2.05) is 12.1 Å². The smallest absolute Gasteiger partial charge is 0.165 e. The second-order valence-corrected chi connectivity index (χ2v) is 8.02. The second-order valence-electron chi connectivity index (χ2n) is 8.02. The summed E-state index contributed by atoms with van der Waals surface area (Å²) >= 11 is 0. The van der Waals surface area contributed by atoms with Gasteiger partial charge >= 0.3 is 0 Å². The molecule has 26 heavy (non-hydrogen) atoms. The number of aliphatic hydroxyl groups excluding tert-OH is 1. The highest BCUT2D eigenvalue weighted by Crippen LogP contribution is 2.62. The molecule has 1 spiro atoms. The van der Waals surface area contributed by atoms with Crippen LogP contribution in [0.4, 0.5) is 0 Å². The number of hydrogen-bond donors (Lipinski definition) is 1. The SMILES string of the molecule is CN1CC[C@]23c4c5ccc(OCCCC#N)c4O[C@H]2[C@@H](O)C=C[C@H]3[C@H]1C5. The van der Waals surface area contributed by atoms with Crippen LogP contribution in [-0.2, 0) is 11.8 Å². The summed E-state index contributed by atoms with van der Waals surface area (Å²) in [5.41, 5.74) is 2.47. The molecule has 5 atom stereocenters. The Morgan fingerprint density at radius 2 is 2.31 bits per heavy atom. The van der Waals surface area contributed by atoms with Gasteiger partial charge in [-0.25, -0.2) is 0 Å². The van der Waals surface area contributed by atoms with E-state index < -0.39 is 6.10 Å². The van der Waals surface area contributed by atoms with E-state index in [1.54, 1.807) is 0 Å². The molecule has 2 aliphatic heterocycles. The molecule has 5 rings (SSSR count). The van der Waals surface area contributed by atoms with Crippen molar-refractivity contribution in [1.29, 1.82) is 5.26 Å². The molecule has 0 radical (unpaired) electrons. The summed E-state index contributed by atoms with van der Waals surface area (Å²) in [7, 11) is 2.21. The van der Waals surface area contributed by atoms with Crippen molar-refractivity contribution in [3.8, 4) is 17.6 Å². The van der Waals surface area contributed by atoms with Crippen LogP contribution in [0.5, 0.6) is 11.5 Å². The molecule has 1 aromatic rings. The number of benzene rings is 1. The van der Waals surface area contributed by atoms with Crippen molar-refractivity contribution in [3.05, 3.63) is 35.4 Å². The minimum absolute atomic E-state index is 0.139. The van der Waals surface area contributed by atoms with Gasteiger partial charge in [-0.1, -0.05) is 18.2 Å². The zero-order valence-electron chi connectivity index (χ0n) is 15.0. The fraction of sp³-hybridized carbons (Fsp3) is 0.571. The molecule has 1 aromatic carbocycles. The van der Waals surface area contributed by atoms with Crippen LogP contribution in [0.15, 0.2) is 24.3 Å². The molecule has 4 aliphatic rings. The first-order valence-corrected chi connectivity index (χ1v) is 9.56. The number of aliphatic hydroxyl groups is 1. The number of ether oxygens (including phenoxy) is 2. The van der Waals surface area contributed by atoms with Gasteiger partial charge in [0.25, 0.3) is 0 Å². The maximum absolute atomic E-state index is 10.7. The maximum atomic E-state index is 10.7. The van der Waals surface area contributed by atoms with Gasteiger partial charge in [0.05, 0.1) is 12.7 Å². The highest BCUT2D eigenvalue weighted by Gasteiger charge is 2.64. The van der Waals surface area contributed by atoms with Gasteiger partial charge in [0.2, 0.25) is 0 Å². The van der Waals surface area contributed by atoms with Crippen molar-refractivity contribution in [2.24, 2.45) is 5.92 Å². The third kappa shape index (κ3) is 1.97. The van der Waals surface area contributed by atoms with Crippen molar-refractivity contribution in [3.63, 3.8) is 0 Å². The van der Waals surface area contributed by atoms with Gasteiger partial charge in [0, 0.05) is 29.4 Å². The molecule has 1 saturated heterocycles. The van der Waals surface area contributed by atoms with Crippen molar-refractivity contribution in [2.75, 3.05) is 20.2 Å². The Morgan fingerprint density at radius 1 is 1.42 bits per heavy atom. The van der Waals surface area contributed by atoms with E-state index in [2.05, 4.69) is 30.2 Å². The van der Waals surface area contributed by atoms with E-state index in [1.165, 1.54) is 11.1 Å². The Kier molecular flexibility index (Phi) is 3.57. The molecule has 2 aliphatic carbocycles. The average Bonchev–Trinajstić information content (AvgIpc) is 3.00. The first-order chi connectivity index (χ1) is 12.7. The molecule has 1 fully saturated rings. The molecular weight excluding hydrogens is 328 g/mol. The minimum Gasteiger partial charge on any atom is -0.490 e. The topological polar surface area (TPSA) is 65.7 Å². The van der Waals surface area contributed by atoms with E-state index in [0.29, 0.717) is 31.4 Å². The van der Waals surface area contributed by atoms with E-state index in [9.17, 15) is 5.11 Å². The average molecular weight is 352 g/mol. The summed E-state index contributed by atoms with van der Waals surface area (Å²) < 4.78 is 12.4. The normalized spacial score (nSPS) is 36.2. The lowest BCUT2D eigenvalue weighted by atomic mass is 9.53. The summed E-state index contributed by atoms with van der Waals surface area (Å²) in [5, 5.41) is 19.4. The zero-order valence-corrected chi connectivity index (χ0v) is 15.0. The lowest BCUT2D eigenvalue weighted by molar-refractivity contribution is -0.0454. The van der Waals surface area contributed by atoms with E-state index in [-0.39, 0.29) is 11.5 Å². The van der Waals surface area contributed by atoms with Gasteiger partial charge in [0.1, 0.15) is 12.2 Å². The van der Waals surface area contributed by atoms with E-state index >= 15 is 0 Å². The number of rotatable bonds is 4. The van der Waals surface area contributed by atoms with E-state index in [4.69, 9.17) is 14.7 Å². The van der Waals surface area contributed by atoms with Crippen LogP contribution in [-0.4, -0.2) is 48.5 Å². The van der Waals surface area contributed by atoms with Crippen molar-refractivity contribution in [2.45, 2.75) is 49.3 Å². The molecule has 136 valence electrons. The standard InChI is InChI=1S/C21H24N2O3/c1-23-10-8-21-14-5-6-16(24)20(21)26-19-17(25-11-3-2-9-22)7-4-13(18(19)21)12-15(14)23/h4-7,14-16,20,24H,2-3,8,10-12H2,1H3/t14-,15+,16-,20-,21-/m0/s1. The molecule has 1 N–H and O–H groups in total. The van der Waals surface area contributed by atoms with Crippen molar-refractivity contribution >= 4 is 0 Å². The molecule has 0 amide bonds. The summed E-state index contributed by atoms with van der Waals surface area (Å²) in [6, 6.07) is 6.79. The molecule has 5 heteroatoms. The van der Waals surface area contributed by atoms with Gasteiger partial charge in [-0.2, -0.15) is 5.26 Å². The molecule has 0 saturated carbocycles. The third-order valence-electron chi connectivity index (χ3n) is 6.82. The molecule has 2 bridgehead atoms. The number of likely N-dealkylation sites (N-methyl/N-ethyl adjacent to an activating group) is 1. The van der Waals surface area contributed by atoms with Crippen LogP contribution >= 0.6 is 0 Å². The van der Waals surface area contributed by atoms with Gasteiger partial charge in [-0.3, -0.25) is 0 Å². The van der Waals surface area contributed by atoms with Crippen LogP contribution in [0.1, 0.15) is 30.4 Å². The first kappa shape index (κ1) is 16.2. The monoisotopic (exact) mass is 352 g/mol. The van der Waals surface area contributed by atoms with Crippen LogP contribution in [0.25, 0.3) is 0 Å². The number of hydrogen-bond acceptors (Lipinski definition) is 5.